The molecule has 6 heteroatoms. The Morgan fingerprint density at radius 3 is 2.88 bits per heavy atom. The highest BCUT2D eigenvalue weighted by molar-refractivity contribution is 7.98. The molecular weight excluding hydrogens is 226 g/mol. The summed E-state index contributed by atoms with van der Waals surface area (Å²) in [6.45, 7) is 2.78. The minimum absolute atomic E-state index is 0.342. The Labute approximate surface area is 99.5 Å². The van der Waals surface area contributed by atoms with Crippen LogP contribution in [0.5, 0.6) is 0 Å². The zero-order chi connectivity index (χ0) is 12.0. The molecule has 16 heavy (non-hydrogen) atoms. The number of esters is 1. The Kier molecular flexibility index (Phi) is 5.31. The standard InChI is InChI=1S/C10H17N3O2S/c1-4-8-9(10(14)15-2)11-12-13(8)6-5-7-16-3/h4-7H2,1-3H3. The molecule has 1 rings (SSSR count). The number of methoxy groups -OCH3 is 1. The highest BCUT2D eigenvalue weighted by Crippen LogP contribution is 2.09. The van der Waals surface area contributed by atoms with Gasteiger partial charge < -0.3 is 4.74 Å². The van der Waals surface area contributed by atoms with E-state index in [1.54, 1.807) is 16.4 Å². The molecule has 0 aliphatic carbocycles. The average molecular weight is 243 g/mol. The van der Waals surface area contributed by atoms with Crippen molar-refractivity contribution in [3.63, 3.8) is 0 Å². The molecule has 0 unspecified atom stereocenters. The van der Waals surface area contributed by atoms with Crippen molar-refractivity contribution in [3.8, 4) is 0 Å². The molecule has 0 bridgehead atoms. The lowest BCUT2D eigenvalue weighted by Crippen LogP contribution is -2.09. The number of thioether (sulfide) groups is 1. The predicted molar refractivity (Wildman–Crippen MR) is 63.7 cm³/mol. The molecular formula is C10H17N3O2S. The molecule has 0 N–H and O–H groups in total. The molecule has 0 radical (unpaired) electrons. The van der Waals surface area contributed by atoms with E-state index in [1.165, 1.54) is 7.11 Å². The topological polar surface area (TPSA) is 57.0 Å². The maximum Gasteiger partial charge on any atom is 0.360 e. The van der Waals surface area contributed by atoms with E-state index in [9.17, 15) is 4.79 Å². The summed E-state index contributed by atoms with van der Waals surface area (Å²) in [6.07, 6.45) is 3.83. The third-order valence-electron chi connectivity index (χ3n) is 2.27. The minimum Gasteiger partial charge on any atom is -0.464 e. The van der Waals surface area contributed by atoms with Gasteiger partial charge in [-0.05, 0) is 24.9 Å². The van der Waals surface area contributed by atoms with Crippen molar-refractivity contribution in [2.75, 3.05) is 19.1 Å². The van der Waals surface area contributed by atoms with Crippen LogP contribution >= 0.6 is 11.8 Å². The number of carbonyl (C=O) groups excluding carboxylic acids is 1. The summed E-state index contributed by atoms with van der Waals surface area (Å²) in [5, 5.41) is 7.85. The van der Waals surface area contributed by atoms with Gasteiger partial charge in [-0.2, -0.15) is 11.8 Å². The molecule has 0 amide bonds. The first-order valence-corrected chi connectivity index (χ1v) is 6.63. The number of aromatic nitrogens is 3. The van der Waals surface area contributed by atoms with Crippen molar-refractivity contribution in [2.24, 2.45) is 0 Å². The molecule has 0 spiro atoms. The van der Waals surface area contributed by atoms with Crippen LogP contribution in [0.1, 0.15) is 29.5 Å². The van der Waals surface area contributed by atoms with E-state index in [-0.39, 0.29) is 0 Å². The predicted octanol–water partition coefficient (Wildman–Crippen LogP) is 1.38. The van der Waals surface area contributed by atoms with Gasteiger partial charge in [-0.1, -0.05) is 12.1 Å². The lowest BCUT2D eigenvalue weighted by Gasteiger charge is -2.04. The number of hydrogen-bond acceptors (Lipinski definition) is 5. The first kappa shape index (κ1) is 13.0. The highest BCUT2D eigenvalue weighted by Gasteiger charge is 2.18. The summed E-state index contributed by atoms with van der Waals surface area (Å²) in [6, 6.07) is 0. The molecule has 0 aliphatic heterocycles. The highest BCUT2D eigenvalue weighted by atomic mass is 32.2. The smallest absolute Gasteiger partial charge is 0.360 e. The molecule has 0 aliphatic rings. The third kappa shape index (κ3) is 2.98. The molecule has 0 fully saturated rings. The van der Waals surface area contributed by atoms with E-state index < -0.39 is 5.97 Å². The van der Waals surface area contributed by atoms with Crippen molar-refractivity contribution in [2.45, 2.75) is 26.3 Å². The molecule has 1 aromatic rings. The van der Waals surface area contributed by atoms with E-state index in [0.717, 1.165) is 30.8 Å². The number of aryl methyl sites for hydroxylation is 1. The fourth-order valence-electron chi connectivity index (χ4n) is 1.48. The van der Waals surface area contributed by atoms with Gasteiger partial charge in [0.1, 0.15) is 0 Å². The van der Waals surface area contributed by atoms with Crippen LogP contribution in [0.4, 0.5) is 0 Å². The minimum atomic E-state index is -0.409. The summed E-state index contributed by atoms with van der Waals surface area (Å²) in [4.78, 5) is 11.4. The number of rotatable bonds is 6. The third-order valence-corrected chi connectivity index (χ3v) is 2.97. The fraction of sp³-hybridized carbons (Fsp3) is 0.700. The number of ether oxygens (including phenoxy) is 1. The molecule has 0 saturated heterocycles. The van der Waals surface area contributed by atoms with Crippen molar-refractivity contribution in [3.05, 3.63) is 11.4 Å². The van der Waals surface area contributed by atoms with Gasteiger partial charge in [-0.15, -0.1) is 5.10 Å². The molecule has 1 heterocycles. The van der Waals surface area contributed by atoms with Gasteiger partial charge in [-0.25, -0.2) is 9.48 Å². The van der Waals surface area contributed by atoms with Crippen LogP contribution in [-0.4, -0.2) is 40.1 Å². The van der Waals surface area contributed by atoms with Crippen molar-refractivity contribution in [1.82, 2.24) is 15.0 Å². The Morgan fingerprint density at radius 1 is 1.56 bits per heavy atom. The van der Waals surface area contributed by atoms with E-state index >= 15 is 0 Å². The zero-order valence-electron chi connectivity index (χ0n) is 9.89. The van der Waals surface area contributed by atoms with Crippen molar-refractivity contribution in [1.29, 1.82) is 0 Å². The molecule has 0 aromatic carbocycles. The van der Waals surface area contributed by atoms with Crippen LogP contribution in [0.25, 0.3) is 0 Å². The van der Waals surface area contributed by atoms with Gasteiger partial charge in [0, 0.05) is 6.54 Å². The lowest BCUT2D eigenvalue weighted by molar-refractivity contribution is 0.0592. The van der Waals surface area contributed by atoms with Gasteiger partial charge >= 0.3 is 5.97 Å². The average Bonchev–Trinajstić information content (AvgIpc) is 2.71. The van der Waals surface area contributed by atoms with Crippen LogP contribution in [0.15, 0.2) is 0 Å². The molecule has 0 saturated carbocycles. The molecule has 5 nitrogen and oxygen atoms in total. The van der Waals surface area contributed by atoms with E-state index in [1.807, 2.05) is 6.92 Å². The Bertz CT molecular complexity index is 352. The molecule has 1 aromatic heterocycles. The normalized spacial score (nSPS) is 10.4. The second kappa shape index (κ2) is 6.52. The summed E-state index contributed by atoms with van der Waals surface area (Å²) in [5.41, 5.74) is 1.20. The van der Waals surface area contributed by atoms with Gasteiger partial charge in [0.25, 0.3) is 0 Å². The summed E-state index contributed by atoms with van der Waals surface area (Å²) in [5.74, 6) is 0.671. The number of hydrogen-bond donors (Lipinski definition) is 0. The van der Waals surface area contributed by atoms with Crippen molar-refractivity contribution < 1.29 is 9.53 Å². The van der Waals surface area contributed by atoms with E-state index in [2.05, 4.69) is 21.3 Å². The molecule has 0 atom stereocenters. The quantitative estimate of drug-likeness (QED) is 0.558. The number of nitrogens with zero attached hydrogens (tertiary/aromatic N) is 3. The maximum atomic E-state index is 11.4. The second-order valence-electron chi connectivity index (χ2n) is 3.30. The van der Waals surface area contributed by atoms with Crippen LogP contribution < -0.4 is 0 Å². The van der Waals surface area contributed by atoms with Gasteiger partial charge in [0.15, 0.2) is 5.69 Å². The Hall–Kier alpha value is -1.04. The summed E-state index contributed by atoms with van der Waals surface area (Å²) in [7, 11) is 1.36. The lowest BCUT2D eigenvalue weighted by atomic mass is 10.2. The monoisotopic (exact) mass is 243 g/mol. The van der Waals surface area contributed by atoms with Gasteiger partial charge in [0.05, 0.1) is 12.8 Å². The summed E-state index contributed by atoms with van der Waals surface area (Å²) >= 11 is 1.80. The first-order chi connectivity index (χ1) is 7.74. The Balaban J connectivity index is 2.78. The molecule has 90 valence electrons. The van der Waals surface area contributed by atoms with Crippen LogP contribution in [0.3, 0.4) is 0 Å². The maximum absolute atomic E-state index is 11.4. The SMILES string of the molecule is CCc1c(C(=O)OC)nnn1CCCSC. The van der Waals surface area contributed by atoms with Crippen molar-refractivity contribution >= 4 is 17.7 Å². The zero-order valence-corrected chi connectivity index (χ0v) is 10.7. The second-order valence-corrected chi connectivity index (χ2v) is 4.28. The largest absolute Gasteiger partial charge is 0.464 e. The van der Waals surface area contributed by atoms with Crippen LogP contribution in [-0.2, 0) is 17.7 Å². The van der Waals surface area contributed by atoms with Crippen LogP contribution in [0, 0.1) is 0 Å². The first-order valence-electron chi connectivity index (χ1n) is 5.24. The van der Waals surface area contributed by atoms with Gasteiger partial charge in [0.2, 0.25) is 0 Å². The van der Waals surface area contributed by atoms with Crippen LogP contribution in [0.2, 0.25) is 0 Å². The Morgan fingerprint density at radius 2 is 2.31 bits per heavy atom. The summed E-state index contributed by atoms with van der Waals surface area (Å²) < 4.78 is 6.45. The van der Waals surface area contributed by atoms with E-state index in [0.29, 0.717) is 5.69 Å². The van der Waals surface area contributed by atoms with Gasteiger partial charge in [-0.3, -0.25) is 0 Å². The van der Waals surface area contributed by atoms with E-state index in [4.69, 9.17) is 0 Å². The fourth-order valence-corrected chi connectivity index (χ4v) is 1.89. The number of carbonyl (C=O) groups is 1.